The third-order valence-electron chi connectivity index (χ3n) is 5.33. The Morgan fingerprint density at radius 2 is 1.64 bits per heavy atom. The molecule has 2 N–H and O–H groups in total. The lowest BCUT2D eigenvalue weighted by Gasteiger charge is -2.37. The van der Waals surface area contributed by atoms with Crippen molar-refractivity contribution in [1.29, 1.82) is 0 Å². The summed E-state index contributed by atoms with van der Waals surface area (Å²) in [4.78, 5) is 9.12. The fourth-order valence-corrected chi connectivity index (χ4v) is 5.15. The summed E-state index contributed by atoms with van der Waals surface area (Å²) in [5, 5.41) is 20.7. The number of rotatable bonds is 6. The lowest BCUT2D eigenvalue weighted by molar-refractivity contribution is 0.0695. The van der Waals surface area contributed by atoms with E-state index in [2.05, 4.69) is 32.9 Å². The Labute approximate surface area is 175 Å². The first-order chi connectivity index (χ1) is 13.6. The van der Waals surface area contributed by atoms with Crippen LogP contribution in [0.4, 0.5) is 11.4 Å². The summed E-state index contributed by atoms with van der Waals surface area (Å²) in [7, 11) is 0. The molecule has 2 aromatic rings. The number of hydrogen-bond acceptors (Lipinski definition) is 6. The number of anilines is 2. The molecule has 2 aromatic carbocycles. The molecule has 0 aromatic heterocycles. The molecule has 4 rings (SSSR count). The van der Waals surface area contributed by atoms with Crippen molar-refractivity contribution in [3.8, 4) is 0 Å². The van der Waals surface area contributed by atoms with E-state index in [1.54, 1.807) is 11.8 Å². The van der Waals surface area contributed by atoms with Crippen LogP contribution in [0, 0.1) is 0 Å². The lowest BCUT2D eigenvalue weighted by atomic mass is 10.2. The van der Waals surface area contributed by atoms with E-state index in [-0.39, 0.29) is 6.61 Å². The predicted molar refractivity (Wildman–Crippen MR) is 115 cm³/mol. The van der Waals surface area contributed by atoms with Gasteiger partial charge < -0.3 is 15.1 Å². The van der Waals surface area contributed by atoms with E-state index in [1.165, 1.54) is 4.90 Å². The molecule has 7 heteroatoms. The summed E-state index contributed by atoms with van der Waals surface area (Å²) in [5.74, 6) is 0. The second-order valence-electron chi connectivity index (χ2n) is 7.31. The highest BCUT2D eigenvalue weighted by atomic mass is 35.5. The van der Waals surface area contributed by atoms with Gasteiger partial charge in [-0.25, -0.2) is 0 Å². The van der Waals surface area contributed by atoms with Gasteiger partial charge in [0.2, 0.25) is 0 Å². The number of aliphatic hydroxyl groups excluding tert-OH is 2. The number of β-amino-alcohol motifs (C(OH)–C–C–N with tert-alkyl or cyclic N) is 2. The van der Waals surface area contributed by atoms with Crippen molar-refractivity contribution in [2.24, 2.45) is 0 Å². The molecule has 28 heavy (non-hydrogen) atoms. The lowest BCUT2D eigenvalue weighted by Crippen LogP contribution is -2.50. The Morgan fingerprint density at radius 1 is 0.929 bits per heavy atom. The summed E-state index contributed by atoms with van der Waals surface area (Å²) in [5.41, 5.74) is 2.18. The Morgan fingerprint density at radius 3 is 2.43 bits per heavy atom. The Hall–Kier alpha value is -1.28. The maximum absolute atomic E-state index is 10.9. The molecule has 1 fully saturated rings. The van der Waals surface area contributed by atoms with Gasteiger partial charge in [0.1, 0.15) is 0 Å². The number of fused-ring (bicyclic) bond motifs is 2. The monoisotopic (exact) mass is 419 g/mol. The fourth-order valence-electron chi connectivity index (χ4n) is 3.90. The molecule has 1 saturated heterocycles. The zero-order valence-electron chi connectivity index (χ0n) is 15.8. The minimum Gasteiger partial charge on any atom is -0.395 e. The van der Waals surface area contributed by atoms with Gasteiger partial charge in [-0.2, -0.15) is 0 Å². The van der Waals surface area contributed by atoms with Crippen LogP contribution < -0.4 is 4.90 Å². The van der Waals surface area contributed by atoms with Crippen molar-refractivity contribution in [3.63, 3.8) is 0 Å². The van der Waals surface area contributed by atoms with E-state index >= 15 is 0 Å². The maximum atomic E-state index is 10.9. The second-order valence-corrected chi connectivity index (χ2v) is 8.83. The number of para-hydroxylation sites is 1. The molecule has 0 amide bonds. The number of benzene rings is 2. The third-order valence-corrected chi connectivity index (χ3v) is 6.70. The molecule has 0 radical (unpaired) electrons. The zero-order chi connectivity index (χ0) is 19.5. The fraction of sp³-hybridized carbons (Fsp3) is 0.429. The van der Waals surface area contributed by atoms with Gasteiger partial charge in [-0.1, -0.05) is 35.5 Å². The molecular formula is C21H26ClN3O2S. The standard InChI is InChI=1S/C21H26ClN3O2S/c22-16-5-6-21-19(13-16)25(18-3-1-2-4-20(18)28-21)15-17(27)14-24-9-7-23(8-10-24)11-12-26/h1-6,13,17,26-27H,7-12,14-15H2. The van der Waals surface area contributed by atoms with E-state index in [0.717, 1.165) is 49.0 Å². The molecule has 150 valence electrons. The summed E-state index contributed by atoms with van der Waals surface area (Å²) >= 11 is 8.02. The number of halogens is 1. The van der Waals surface area contributed by atoms with E-state index in [9.17, 15) is 5.11 Å². The van der Waals surface area contributed by atoms with Crippen molar-refractivity contribution >= 4 is 34.7 Å². The minimum absolute atomic E-state index is 0.205. The minimum atomic E-state index is -0.465. The van der Waals surface area contributed by atoms with Gasteiger partial charge in [0.15, 0.2) is 0 Å². The summed E-state index contributed by atoms with van der Waals surface area (Å²) in [6.07, 6.45) is -0.465. The molecule has 5 nitrogen and oxygen atoms in total. The molecule has 2 heterocycles. The normalized spacial score (nSPS) is 18.6. The van der Waals surface area contributed by atoms with E-state index in [4.69, 9.17) is 16.7 Å². The third kappa shape index (κ3) is 4.48. The summed E-state index contributed by atoms with van der Waals surface area (Å²) in [6.45, 7) is 5.84. The van der Waals surface area contributed by atoms with Gasteiger partial charge in [-0.15, -0.1) is 0 Å². The smallest absolute Gasteiger partial charge is 0.0845 e. The Kier molecular flexibility index (Phi) is 6.45. The molecular weight excluding hydrogens is 394 g/mol. The number of hydrogen-bond donors (Lipinski definition) is 2. The van der Waals surface area contributed by atoms with Crippen molar-refractivity contribution in [2.45, 2.75) is 15.9 Å². The first kappa shape index (κ1) is 20.0. The highest BCUT2D eigenvalue weighted by Crippen LogP contribution is 2.48. The van der Waals surface area contributed by atoms with Gasteiger partial charge in [0, 0.05) is 54.1 Å². The van der Waals surface area contributed by atoms with Gasteiger partial charge in [-0.05, 0) is 30.3 Å². The van der Waals surface area contributed by atoms with Crippen LogP contribution in [0.5, 0.6) is 0 Å². The van der Waals surface area contributed by atoms with Crippen LogP contribution in [0.1, 0.15) is 0 Å². The number of nitrogens with zero attached hydrogens (tertiary/aromatic N) is 3. The van der Waals surface area contributed by atoms with Crippen LogP contribution in [0.2, 0.25) is 5.02 Å². The number of aliphatic hydroxyl groups is 2. The first-order valence-electron chi connectivity index (χ1n) is 9.71. The largest absolute Gasteiger partial charge is 0.395 e. The average molecular weight is 420 g/mol. The van der Waals surface area contributed by atoms with E-state index in [1.807, 2.05) is 24.3 Å². The topological polar surface area (TPSA) is 50.2 Å². The van der Waals surface area contributed by atoms with Crippen molar-refractivity contribution in [2.75, 3.05) is 57.3 Å². The highest BCUT2D eigenvalue weighted by molar-refractivity contribution is 7.99. The quantitative estimate of drug-likeness (QED) is 0.750. The van der Waals surface area contributed by atoms with E-state index in [0.29, 0.717) is 18.1 Å². The molecule has 0 bridgehead atoms. The zero-order valence-corrected chi connectivity index (χ0v) is 17.4. The van der Waals surface area contributed by atoms with Crippen LogP contribution in [0.15, 0.2) is 52.3 Å². The van der Waals surface area contributed by atoms with Crippen molar-refractivity contribution in [3.05, 3.63) is 47.5 Å². The molecule has 1 unspecified atom stereocenters. The van der Waals surface area contributed by atoms with Crippen LogP contribution in [-0.4, -0.2) is 78.5 Å². The molecule has 1 atom stereocenters. The van der Waals surface area contributed by atoms with Gasteiger partial charge in [-0.3, -0.25) is 9.80 Å². The summed E-state index contributed by atoms with van der Waals surface area (Å²) < 4.78 is 0. The SMILES string of the molecule is OCCN1CCN(CC(O)CN2c3ccccc3Sc3ccc(Cl)cc32)CC1. The number of piperazine rings is 1. The molecule has 0 aliphatic carbocycles. The van der Waals surface area contributed by atoms with Crippen molar-refractivity contribution in [1.82, 2.24) is 9.80 Å². The van der Waals surface area contributed by atoms with Crippen LogP contribution in [-0.2, 0) is 0 Å². The molecule has 0 spiro atoms. The van der Waals surface area contributed by atoms with Crippen LogP contribution >= 0.6 is 23.4 Å². The summed E-state index contributed by atoms with van der Waals surface area (Å²) in [6, 6.07) is 14.3. The van der Waals surface area contributed by atoms with Gasteiger partial charge >= 0.3 is 0 Å². The Bertz CT molecular complexity index is 814. The van der Waals surface area contributed by atoms with Gasteiger partial charge in [0.05, 0.1) is 30.6 Å². The predicted octanol–water partition coefficient (Wildman–Crippen LogP) is 2.91. The second kappa shape index (κ2) is 9.03. The van der Waals surface area contributed by atoms with Crippen LogP contribution in [0.25, 0.3) is 0 Å². The maximum Gasteiger partial charge on any atom is 0.0845 e. The molecule has 2 aliphatic heterocycles. The molecule has 2 aliphatic rings. The average Bonchev–Trinajstić information content (AvgIpc) is 2.70. The van der Waals surface area contributed by atoms with Crippen molar-refractivity contribution < 1.29 is 10.2 Å². The first-order valence-corrected chi connectivity index (χ1v) is 10.9. The van der Waals surface area contributed by atoms with Gasteiger partial charge in [0.25, 0.3) is 0 Å². The van der Waals surface area contributed by atoms with Crippen LogP contribution in [0.3, 0.4) is 0 Å². The highest BCUT2D eigenvalue weighted by Gasteiger charge is 2.26. The Balaban J connectivity index is 1.46. The van der Waals surface area contributed by atoms with E-state index < -0.39 is 6.10 Å². The molecule has 0 saturated carbocycles.